The van der Waals surface area contributed by atoms with Crippen LogP contribution in [0.15, 0.2) is 42.5 Å². The van der Waals surface area contributed by atoms with Gasteiger partial charge in [-0.2, -0.15) is 0 Å². The van der Waals surface area contributed by atoms with Crippen molar-refractivity contribution in [2.24, 2.45) is 0 Å². The average Bonchev–Trinajstić information content (AvgIpc) is 2.63. The Labute approximate surface area is 150 Å². The van der Waals surface area contributed by atoms with Crippen LogP contribution in [0.5, 0.6) is 5.75 Å². The van der Waals surface area contributed by atoms with Crippen molar-refractivity contribution in [3.8, 4) is 5.75 Å². The van der Waals surface area contributed by atoms with Crippen molar-refractivity contribution in [3.05, 3.63) is 59.2 Å². The van der Waals surface area contributed by atoms with Crippen molar-refractivity contribution in [2.75, 3.05) is 38.2 Å². The monoisotopic (exact) mass is 338 g/mol. The Kier molecular flexibility index (Phi) is 5.39. The minimum absolute atomic E-state index is 0.117. The van der Waals surface area contributed by atoms with Gasteiger partial charge in [-0.25, -0.2) is 0 Å². The Balaban J connectivity index is 1.56. The van der Waals surface area contributed by atoms with Crippen molar-refractivity contribution in [1.29, 1.82) is 0 Å². The van der Waals surface area contributed by atoms with E-state index in [4.69, 9.17) is 4.74 Å². The van der Waals surface area contributed by atoms with E-state index in [-0.39, 0.29) is 5.78 Å². The minimum atomic E-state index is 0.117. The van der Waals surface area contributed by atoms with Crippen molar-refractivity contribution in [3.63, 3.8) is 0 Å². The Hall–Kier alpha value is -2.33. The summed E-state index contributed by atoms with van der Waals surface area (Å²) in [6.45, 7) is 8.77. The van der Waals surface area contributed by atoms with Crippen molar-refractivity contribution < 1.29 is 9.53 Å². The molecular formula is C21H26N2O2. The normalized spacial score (nSPS) is 15.2. The van der Waals surface area contributed by atoms with Gasteiger partial charge in [-0.1, -0.05) is 12.1 Å². The second-order valence-corrected chi connectivity index (χ2v) is 6.67. The van der Waals surface area contributed by atoms with Crippen molar-refractivity contribution in [1.82, 2.24) is 4.90 Å². The zero-order valence-electron chi connectivity index (χ0n) is 15.3. The number of carbonyl (C=O) groups excluding carboxylic acids is 1. The first-order valence-electron chi connectivity index (χ1n) is 8.78. The second-order valence-electron chi connectivity index (χ2n) is 6.67. The fraction of sp³-hybridized carbons (Fsp3) is 0.381. The average molecular weight is 338 g/mol. The third-order valence-electron chi connectivity index (χ3n) is 4.88. The first-order chi connectivity index (χ1) is 12.1. The lowest BCUT2D eigenvalue weighted by Crippen LogP contribution is -2.45. The summed E-state index contributed by atoms with van der Waals surface area (Å²) in [6.07, 6.45) is 0. The summed E-state index contributed by atoms with van der Waals surface area (Å²) in [7, 11) is 1.71. The molecule has 0 amide bonds. The van der Waals surface area contributed by atoms with Crippen LogP contribution in [0.2, 0.25) is 0 Å². The summed E-state index contributed by atoms with van der Waals surface area (Å²) in [5.41, 5.74) is 4.49. The summed E-state index contributed by atoms with van der Waals surface area (Å²) in [5, 5.41) is 0. The fourth-order valence-electron chi connectivity index (χ4n) is 3.37. The van der Waals surface area contributed by atoms with Gasteiger partial charge in [0.15, 0.2) is 5.78 Å². The lowest BCUT2D eigenvalue weighted by Gasteiger charge is -2.36. The molecule has 25 heavy (non-hydrogen) atoms. The standard InChI is InChI=1S/C21H26N2O2/c1-16-14-18(4-9-21(16)25-3)15-22-10-12-23(13-11-22)20-7-5-19(6-8-20)17(2)24/h4-9,14H,10-13,15H2,1-3H3. The van der Waals surface area contributed by atoms with E-state index < -0.39 is 0 Å². The molecule has 2 aromatic carbocycles. The molecule has 4 heteroatoms. The van der Waals surface area contributed by atoms with Crippen LogP contribution < -0.4 is 9.64 Å². The number of nitrogens with zero attached hydrogens (tertiary/aromatic N) is 2. The van der Waals surface area contributed by atoms with E-state index in [1.807, 2.05) is 12.1 Å². The van der Waals surface area contributed by atoms with Crippen LogP contribution in [-0.4, -0.2) is 44.0 Å². The molecule has 0 aliphatic carbocycles. The van der Waals surface area contributed by atoms with Crippen LogP contribution in [-0.2, 0) is 6.54 Å². The van der Waals surface area contributed by atoms with E-state index in [1.165, 1.54) is 16.8 Å². The number of rotatable bonds is 5. The van der Waals surface area contributed by atoms with Crippen LogP contribution in [0.1, 0.15) is 28.4 Å². The number of ether oxygens (including phenoxy) is 1. The molecule has 1 aliphatic heterocycles. The van der Waals surface area contributed by atoms with Crippen LogP contribution in [0.3, 0.4) is 0 Å². The van der Waals surface area contributed by atoms with Gasteiger partial charge in [-0.05, 0) is 55.3 Å². The number of aryl methyl sites for hydroxylation is 1. The van der Waals surface area contributed by atoms with E-state index in [0.717, 1.165) is 44.0 Å². The van der Waals surface area contributed by atoms with E-state index in [2.05, 4.69) is 47.1 Å². The largest absolute Gasteiger partial charge is 0.496 e. The van der Waals surface area contributed by atoms with Crippen molar-refractivity contribution >= 4 is 11.5 Å². The molecule has 1 heterocycles. The van der Waals surface area contributed by atoms with Crippen molar-refractivity contribution in [2.45, 2.75) is 20.4 Å². The molecule has 1 saturated heterocycles. The predicted molar refractivity (Wildman–Crippen MR) is 102 cm³/mol. The smallest absolute Gasteiger partial charge is 0.159 e. The molecule has 2 aromatic rings. The molecule has 0 unspecified atom stereocenters. The third-order valence-corrected chi connectivity index (χ3v) is 4.88. The maximum absolute atomic E-state index is 11.4. The first kappa shape index (κ1) is 17.5. The van der Waals surface area contributed by atoms with Gasteiger partial charge < -0.3 is 9.64 Å². The summed E-state index contributed by atoms with van der Waals surface area (Å²) in [6, 6.07) is 14.4. The molecule has 0 spiro atoms. The Bertz CT molecular complexity index is 732. The van der Waals surface area contributed by atoms with Gasteiger partial charge in [0.25, 0.3) is 0 Å². The van der Waals surface area contributed by atoms with E-state index in [1.54, 1.807) is 14.0 Å². The molecule has 4 nitrogen and oxygen atoms in total. The highest BCUT2D eigenvalue weighted by atomic mass is 16.5. The van der Waals surface area contributed by atoms with Gasteiger partial charge in [-0.3, -0.25) is 9.69 Å². The summed E-state index contributed by atoms with van der Waals surface area (Å²) in [5.74, 6) is 1.06. The zero-order chi connectivity index (χ0) is 17.8. The molecule has 1 aliphatic rings. The third kappa shape index (κ3) is 4.20. The molecule has 132 valence electrons. The second kappa shape index (κ2) is 7.70. The van der Waals surface area contributed by atoms with Gasteiger partial charge in [0.1, 0.15) is 5.75 Å². The van der Waals surface area contributed by atoms with E-state index in [0.29, 0.717) is 0 Å². The van der Waals surface area contributed by atoms with E-state index in [9.17, 15) is 4.79 Å². The molecular weight excluding hydrogens is 312 g/mol. The number of carbonyl (C=O) groups is 1. The maximum Gasteiger partial charge on any atom is 0.159 e. The van der Waals surface area contributed by atoms with Crippen LogP contribution in [0.25, 0.3) is 0 Å². The first-order valence-corrected chi connectivity index (χ1v) is 8.78. The number of methoxy groups -OCH3 is 1. The van der Waals surface area contributed by atoms with Crippen LogP contribution >= 0.6 is 0 Å². The van der Waals surface area contributed by atoms with Gasteiger partial charge in [0.05, 0.1) is 7.11 Å². The lowest BCUT2D eigenvalue weighted by atomic mass is 10.1. The molecule has 0 bridgehead atoms. The Morgan fingerprint density at radius 1 is 1.04 bits per heavy atom. The number of piperazine rings is 1. The summed E-state index contributed by atoms with van der Waals surface area (Å²) < 4.78 is 5.33. The molecule has 0 saturated carbocycles. The minimum Gasteiger partial charge on any atom is -0.496 e. The summed E-state index contributed by atoms with van der Waals surface area (Å²) in [4.78, 5) is 16.3. The highest BCUT2D eigenvalue weighted by Gasteiger charge is 2.17. The highest BCUT2D eigenvalue weighted by molar-refractivity contribution is 5.94. The number of hydrogen-bond acceptors (Lipinski definition) is 4. The lowest BCUT2D eigenvalue weighted by molar-refractivity contribution is 0.101. The summed E-state index contributed by atoms with van der Waals surface area (Å²) >= 11 is 0. The molecule has 0 atom stereocenters. The number of Topliss-reactive ketones (excluding diaryl/α,β-unsaturated/α-hetero) is 1. The van der Waals surface area contributed by atoms with E-state index >= 15 is 0 Å². The molecule has 0 radical (unpaired) electrons. The van der Waals surface area contributed by atoms with Gasteiger partial charge in [-0.15, -0.1) is 0 Å². The number of benzene rings is 2. The predicted octanol–water partition coefficient (Wildman–Crippen LogP) is 3.53. The Morgan fingerprint density at radius 3 is 2.28 bits per heavy atom. The maximum atomic E-state index is 11.4. The number of anilines is 1. The molecule has 1 fully saturated rings. The fourth-order valence-corrected chi connectivity index (χ4v) is 3.37. The van der Waals surface area contributed by atoms with Gasteiger partial charge in [0, 0.05) is 44.0 Å². The van der Waals surface area contributed by atoms with Crippen LogP contribution in [0, 0.1) is 6.92 Å². The van der Waals surface area contributed by atoms with Crippen LogP contribution in [0.4, 0.5) is 5.69 Å². The quantitative estimate of drug-likeness (QED) is 0.781. The number of hydrogen-bond donors (Lipinski definition) is 0. The SMILES string of the molecule is COc1ccc(CN2CCN(c3ccc(C(C)=O)cc3)CC2)cc1C. The molecule has 3 rings (SSSR count). The topological polar surface area (TPSA) is 32.8 Å². The van der Waals surface area contributed by atoms with Gasteiger partial charge in [0.2, 0.25) is 0 Å². The Morgan fingerprint density at radius 2 is 1.72 bits per heavy atom. The molecule has 0 N–H and O–H groups in total. The van der Waals surface area contributed by atoms with Gasteiger partial charge >= 0.3 is 0 Å². The zero-order valence-corrected chi connectivity index (χ0v) is 15.3. The highest BCUT2D eigenvalue weighted by Crippen LogP contribution is 2.21. The molecule has 0 aromatic heterocycles. The number of ketones is 1.